The molecule has 1 aliphatic rings. The van der Waals surface area contributed by atoms with Crippen LogP contribution in [-0.4, -0.2) is 67.2 Å². The van der Waals surface area contributed by atoms with Crippen LogP contribution in [0.1, 0.15) is 13.3 Å². The maximum Gasteiger partial charge on any atom is 0.323 e. The molecule has 0 aliphatic carbocycles. The number of carboxylic acid groups (broad SMARTS) is 1. The lowest BCUT2D eigenvalue weighted by atomic mass is 10.2. The Morgan fingerprint density at radius 2 is 2.06 bits per heavy atom. The number of carboxylic acids is 1. The van der Waals surface area contributed by atoms with E-state index in [9.17, 15) is 13.2 Å². The summed E-state index contributed by atoms with van der Waals surface area (Å²) in [4.78, 5) is 12.7. The second kappa shape index (κ2) is 4.68. The van der Waals surface area contributed by atoms with Crippen LogP contribution in [0.25, 0.3) is 0 Å². The van der Waals surface area contributed by atoms with Crippen molar-refractivity contribution in [3.63, 3.8) is 0 Å². The average Bonchev–Trinajstić information content (AvgIpc) is 2.65. The Morgan fingerprint density at radius 1 is 1.50 bits per heavy atom. The molecule has 0 bridgehead atoms. The summed E-state index contributed by atoms with van der Waals surface area (Å²) in [6, 6.07) is 0.177. The monoisotopic (exact) mass is 250 g/mol. The van der Waals surface area contributed by atoms with Crippen molar-refractivity contribution in [3.8, 4) is 0 Å². The minimum Gasteiger partial charge on any atom is -0.480 e. The summed E-state index contributed by atoms with van der Waals surface area (Å²) in [5.41, 5.74) is 0. The summed E-state index contributed by atoms with van der Waals surface area (Å²) < 4.78 is 25.0. The molecule has 94 valence electrons. The first-order valence-corrected chi connectivity index (χ1v) is 6.65. The van der Waals surface area contributed by atoms with Crippen LogP contribution >= 0.6 is 0 Å². The van der Waals surface area contributed by atoms with Crippen LogP contribution in [0.5, 0.6) is 0 Å². The number of rotatable bonds is 4. The average molecular weight is 250 g/mol. The first-order valence-electron chi connectivity index (χ1n) is 5.15. The SMILES string of the molecule is CC(C(=O)O)S(=O)(=O)N1CCC(N(C)C)C1. The van der Waals surface area contributed by atoms with Gasteiger partial charge < -0.3 is 10.0 Å². The topological polar surface area (TPSA) is 77.9 Å². The number of sulfonamides is 1. The van der Waals surface area contributed by atoms with Crippen LogP contribution < -0.4 is 0 Å². The van der Waals surface area contributed by atoms with Gasteiger partial charge in [0.25, 0.3) is 0 Å². The van der Waals surface area contributed by atoms with E-state index < -0.39 is 21.2 Å². The molecule has 0 aromatic rings. The Bertz CT molecular complexity index is 366. The lowest BCUT2D eigenvalue weighted by Gasteiger charge is -2.21. The van der Waals surface area contributed by atoms with Crippen molar-refractivity contribution in [2.75, 3.05) is 27.2 Å². The zero-order valence-electron chi connectivity index (χ0n) is 9.75. The van der Waals surface area contributed by atoms with Gasteiger partial charge in [-0.2, -0.15) is 4.31 Å². The molecule has 1 rings (SSSR count). The standard InChI is InChI=1S/C9H18N2O4S/c1-7(9(12)13)16(14,15)11-5-4-8(6-11)10(2)3/h7-8H,4-6H2,1-3H3,(H,12,13). The van der Waals surface area contributed by atoms with E-state index in [0.717, 1.165) is 6.42 Å². The van der Waals surface area contributed by atoms with E-state index in [-0.39, 0.29) is 6.04 Å². The van der Waals surface area contributed by atoms with Crippen molar-refractivity contribution in [1.82, 2.24) is 9.21 Å². The van der Waals surface area contributed by atoms with Gasteiger partial charge >= 0.3 is 5.97 Å². The summed E-state index contributed by atoms with van der Waals surface area (Å²) in [7, 11) is 0.0833. The maximum atomic E-state index is 11.9. The second-order valence-electron chi connectivity index (χ2n) is 4.29. The maximum absolute atomic E-state index is 11.9. The number of nitrogens with zero attached hydrogens (tertiary/aromatic N) is 2. The molecule has 0 spiro atoms. The normalized spacial score (nSPS) is 24.9. The van der Waals surface area contributed by atoms with Gasteiger partial charge in [-0.3, -0.25) is 4.79 Å². The molecule has 2 unspecified atom stereocenters. The Morgan fingerprint density at radius 3 is 2.44 bits per heavy atom. The highest BCUT2D eigenvalue weighted by Crippen LogP contribution is 2.19. The van der Waals surface area contributed by atoms with Gasteiger partial charge in [-0.1, -0.05) is 0 Å². The quantitative estimate of drug-likeness (QED) is 0.722. The second-order valence-corrected chi connectivity index (χ2v) is 6.54. The number of hydrogen-bond donors (Lipinski definition) is 1. The van der Waals surface area contributed by atoms with Crippen LogP contribution in [0.2, 0.25) is 0 Å². The predicted molar refractivity (Wildman–Crippen MR) is 59.7 cm³/mol. The van der Waals surface area contributed by atoms with Gasteiger partial charge in [0.15, 0.2) is 5.25 Å². The molecule has 0 amide bonds. The van der Waals surface area contributed by atoms with E-state index in [1.165, 1.54) is 11.2 Å². The molecule has 1 saturated heterocycles. The molecule has 2 atom stereocenters. The number of likely N-dealkylation sites (N-methyl/N-ethyl adjacent to an activating group) is 1. The van der Waals surface area contributed by atoms with E-state index in [4.69, 9.17) is 5.11 Å². The lowest BCUT2D eigenvalue weighted by molar-refractivity contribution is -0.136. The van der Waals surface area contributed by atoms with Crippen LogP contribution in [0.15, 0.2) is 0 Å². The van der Waals surface area contributed by atoms with Gasteiger partial charge in [-0.15, -0.1) is 0 Å². The highest BCUT2D eigenvalue weighted by molar-refractivity contribution is 7.90. The van der Waals surface area contributed by atoms with Gasteiger partial charge in [-0.05, 0) is 27.4 Å². The predicted octanol–water partition coefficient (Wildman–Crippen LogP) is -0.575. The molecule has 6 nitrogen and oxygen atoms in total. The first kappa shape index (κ1) is 13.4. The van der Waals surface area contributed by atoms with Crippen molar-refractivity contribution in [2.24, 2.45) is 0 Å². The Balaban J connectivity index is 2.77. The molecule has 0 aromatic carbocycles. The van der Waals surface area contributed by atoms with Gasteiger partial charge in [0, 0.05) is 19.1 Å². The van der Waals surface area contributed by atoms with Crippen molar-refractivity contribution in [3.05, 3.63) is 0 Å². The fraction of sp³-hybridized carbons (Fsp3) is 0.889. The summed E-state index contributed by atoms with van der Waals surface area (Å²) in [5, 5.41) is 7.37. The van der Waals surface area contributed by atoms with Crippen LogP contribution in [0.3, 0.4) is 0 Å². The van der Waals surface area contributed by atoms with Crippen molar-refractivity contribution in [1.29, 1.82) is 0 Å². The van der Waals surface area contributed by atoms with Gasteiger partial charge in [0.05, 0.1) is 0 Å². The molecule has 7 heteroatoms. The highest BCUT2D eigenvalue weighted by Gasteiger charge is 2.38. The molecule has 0 radical (unpaired) electrons. The van der Waals surface area contributed by atoms with Crippen molar-refractivity contribution < 1.29 is 18.3 Å². The molecular weight excluding hydrogens is 232 g/mol. The minimum atomic E-state index is -3.70. The fourth-order valence-electron chi connectivity index (χ4n) is 1.71. The third kappa shape index (κ3) is 2.53. The highest BCUT2D eigenvalue weighted by atomic mass is 32.2. The minimum absolute atomic E-state index is 0.177. The summed E-state index contributed by atoms with van der Waals surface area (Å²) >= 11 is 0. The van der Waals surface area contributed by atoms with Gasteiger partial charge in [-0.25, -0.2) is 8.42 Å². The lowest BCUT2D eigenvalue weighted by Crippen LogP contribution is -2.41. The van der Waals surface area contributed by atoms with Crippen LogP contribution in [-0.2, 0) is 14.8 Å². The van der Waals surface area contributed by atoms with Crippen molar-refractivity contribution >= 4 is 16.0 Å². The molecule has 1 N–H and O–H groups in total. The third-order valence-electron chi connectivity index (χ3n) is 3.01. The van der Waals surface area contributed by atoms with Crippen molar-refractivity contribution in [2.45, 2.75) is 24.6 Å². The number of aliphatic carboxylic acids is 1. The molecule has 1 heterocycles. The molecular formula is C9H18N2O4S. The Kier molecular flexibility index (Phi) is 3.92. The summed E-state index contributed by atoms with van der Waals surface area (Å²) in [5.74, 6) is -1.30. The zero-order chi connectivity index (χ0) is 12.5. The molecule has 1 aliphatic heterocycles. The third-order valence-corrected chi connectivity index (χ3v) is 5.16. The van der Waals surface area contributed by atoms with Crippen LogP contribution in [0, 0.1) is 0 Å². The smallest absolute Gasteiger partial charge is 0.323 e. The van der Waals surface area contributed by atoms with E-state index in [1.54, 1.807) is 0 Å². The van der Waals surface area contributed by atoms with E-state index in [0.29, 0.717) is 13.1 Å². The zero-order valence-corrected chi connectivity index (χ0v) is 10.6. The Labute approximate surface area is 95.9 Å². The largest absolute Gasteiger partial charge is 0.480 e. The fourth-order valence-corrected chi connectivity index (χ4v) is 3.16. The molecule has 1 fully saturated rings. The van der Waals surface area contributed by atoms with E-state index in [1.807, 2.05) is 19.0 Å². The molecule has 0 saturated carbocycles. The summed E-state index contributed by atoms with van der Waals surface area (Å²) in [6.07, 6.45) is 0.749. The van der Waals surface area contributed by atoms with Crippen LogP contribution in [0.4, 0.5) is 0 Å². The van der Waals surface area contributed by atoms with Gasteiger partial charge in [0.2, 0.25) is 10.0 Å². The first-order chi connectivity index (χ1) is 7.26. The molecule has 0 aromatic heterocycles. The molecule has 16 heavy (non-hydrogen) atoms. The Hall–Kier alpha value is -0.660. The van der Waals surface area contributed by atoms with E-state index >= 15 is 0 Å². The summed E-state index contributed by atoms with van der Waals surface area (Å²) in [6.45, 7) is 2.00. The van der Waals surface area contributed by atoms with Gasteiger partial charge in [0.1, 0.15) is 0 Å². The van der Waals surface area contributed by atoms with E-state index in [2.05, 4.69) is 0 Å². The number of hydrogen-bond acceptors (Lipinski definition) is 4. The number of carbonyl (C=O) groups is 1.